The molecule has 10 heteroatoms. The minimum Gasteiger partial charge on any atom is -0.382 e. The Kier molecular flexibility index (Phi) is 9.32. The number of para-hydroxylation sites is 1. The lowest BCUT2D eigenvalue weighted by molar-refractivity contribution is -0.130. The standard InChI is InChI=1S/C29H37F2N5O3/c30-20-7-8-23(31)18(11-20)12-21(32)14-26(37)35-16-29(9-3-4-10-29)17-36-28(39)27(38)24(33)13-19-15-34-25-6-2-1-5-22(19)25/h1-2,5-8,11,15,21,24,27,34,38H,3-4,9-10,12-14,16-17,32-33H2,(H,35,37)(H,36,39). The maximum Gasteiger partial charge on any atom is 0.250 e. The van der Waals surface area contributed by atoms with Crippen LogP contribution >= 0.6 is 0 Å². The van der Waals surface area contributed by atoms with Crippen molar-refractivity contribution in [1.29, 1.82) is 0 Å². The first-order chi connectivity index (χ1) is 18.7. The van der Waals surface area contributed by atoms with E-state index in [1.165, 1.54) is 0 Å². The van der Waals surface area contributed by atoms with Crippen molar-refractivity contribution in [1.82, 2.24) is 15.6 Å². The van der Waals surface area contributed by atoms with Crippen LogP contribution in [0.1, 0.15) is 43.2 Å². The van der Waals surface area contributed by atoms with Crippen LogP contribution in [0.15, 0.2) is 48.7 Å². The van der Waals surface area contributed by atoms with Crippen LogP contribution in [0.2, 0.25) is 0 Å². The van der Waals surface area contributed by atoms with Gasteiger partial charge in [-0.25, -0.2) is 8.78 Å². The number of carbonyl (C=O) groups is 2. The SMILES string of the molecule is NC(CC(=O)NCC1(CNC(=O)C(O)C(N)Cc2c[nH]c3ccccc23)CCCC1)Cc1cc(F)ccc1F. The maximum atomic E-state index is 13.9. The lowest BCUT2D eigenvalue weighted by Crippen LogP contribution is -2.51. The van der Waals surface area contributed by atoms with Crippen LogP contribution < -0.4 is 22.1 Å². The second-order valence-electron chi connectivity index (χ2n) is 10.8. The predicted octanol–water partition coefficient (Wildman–Crippen LogP) is 2.43. The summed E-state index contributed by atoms with van der Waals surface area (Å²) in [6.07, 6.45) is 4.34. The molecular formula is C29H37F2N5O3. The molecule has 1 aliphatic rings. The van der Waals surface area contributed by atoms with E-state index in [9.17, 15) is 23.5 Å². The zero-order chi connectivity index (χ0) is 28.0. The molecule has 0 saturated heterocycles. The van der Waals surface area contributed by atoms with Gasteiger partial charge < -0.3 is 32.2 Å². The fourth-order valence-electron chi connectivity index (χ4n) is 5.43. The molecule has 1 aliphatic carbocycles. The van der Waals surface area contributed by atoms with Gasteiger partial charge >= 0.3 is 0 Å². The molecule has 3 atom stereocenters. The van der Waals surface area contributed by atoms with E-state index in [-0.39, 0.29) is 29.7 Å². The Morgan fingerprint density at radius 2 is 1.72 bits per heavy atom. The Morgan fingerprint density at radius 3 is 2.49 bits per heavy atom. The largest absolute Gasteiger partial charge is 0.382 e. The molecule has 8 N–H and O–H groups in total. The van der Waals surface area contributed by atoms with Crippen LogP contribution in [0.25, 0.3) is 10.9 Å². The number of hydrogen-bond acceptors (Lipinski definition) is 5. The number of nitrogens with one attached hydrogen (secondary N) is 3. The molecule has 210 valence electrons. The van der Waals surface area contributed by atoms with Gasteiger partial charge in [0.05, 0.1) is 0 Å². The number of hydrogen-bond donors (Lipinski definition) is 6. The molecule has 4 rings (SSSR count). The normalized spacial score (nSPS) is 17.1. The summed E-state index contributed by atoms with van der Waals surface area (Å²) >= 11 is 0. The summed E-state index contributed by atoms with van der Waals surface area (Å²) in [4.78, 5) is 28.5. The molecule has 8 nitrogen and oxygen atoms in total. The first-order valence-corrected chi connectivity index (χ1v) is 13.4. The van der Waals surface area contributed by atoms with Crippen molar-refractivity contribution >= 4 is 22.7 Å². The number of H-pyrrole nitrogens is 1. The number of nitrogens with two attached hydrogens (primary N) is 2. The molecule has 3 unspecified atom stereocenters. The molecule has 2 amide bonds. The minimum atomic E-state index is -1.38. The average molecular weight is 542 g/mol. The average Bonchev–Trinajstić information content (AvgIpc) is 3.55. The highest BCUT2D eigenvalue weighted by atomic mass is 19.1. The third-order valence-corrected chi connectivity index (χ3v) is 7.70. The summed E-state index contributed by atoms with van der Waals surface area (Å²) in [6, 6.07) is 9.47. The van der Waals surface area contributed by atoms with Crippen molar-refractivity contribution < 1.29 is 23.5 Å². The highest BCUT2D eigenvalue weighted by Gasteiger charge is 2.36. The van der Waals surface area contributed by atoms with Crippen LogP contribution in [0.4, 0.5) is 8.78 Å². The summed E-state index contributed by atoms with van der Waals surface area (Å²) in [5.41, 5.74) is 13.9. The van der Waals surface area contributed by atoms with Crippen molar-refractivity contribution in [3.63, 3.8) is 0 Å². The molecular weight excluding hydrogens is 504 g/mol. The van der Waals surface area contributed by atoms with Gasteiger partial charge in [0.15, 0.2) is 0 Å². The van der Waals surface area contributed by atoms with Crippen LogP contribution in [-0.2, 0) is 22.4 Å². The van der Waals surface area contributed by atoms with Gasteiger partial charge in [0.1, 0.15) is 17.7 Å². The minimum absolute atomic E-state index is 0.0366. The van der Waals surface area contributed by atoms with Crippen LogP contribution in [-0.4, -0.2) is 53.2 Å². The van der Waals surface area contributed by atoms with Crippen molar-refractivity contribution in [2.24, 2.45) is 16.9 Å². The van der Waals surface area contributed by atoms with E-state index in [2.05, 4.69) is 15.6 Å². The molecule has 1 fully saturated rings. The van der Waals surface area contributed by atoms with Gasteiger partial charge in [-0.05, 0) is 61.1 Å². The number of rotatable bonds is 12. The quantitative estimate of drug-likeness (QED) is 0.209. The Hall–Kier alpha value is -3.34. The molecule has 1 heterocycles. The highest BCUT2D eigenvalue weighted by Crippen LogP contribution is 2.37. The Bertz CT molecular complexity index is 1290. The molecule has 0 radical (unpaired) electrons. The molecule has 3 aromatic rings. The number of benzene rings is 2. The first-order valence-electron chi connectivity index (χ1n) is 13.4. The molecule has 39 heavy (non-hydrogen) atoms. The summed E-state index contributed by atoms with van der Waals surface area (Å²) < 4.78 is 27.3. The second-order valence-corrected chi connectivity index (χ2v) is 10.8. The summed E-state index contributed by atoms with van der Waals surface area (Å²) in [5, 5.41) is 17.4. The maximum absolute atomic E-state index is 13.9. The fraction of sp³-hybridized carbons (Fsp3) is 0.448. The van der Waals surface area contributed by atoms with E-state index in [1.807, 2.05) is 30.5 Å². The van der Waals surface area contributed by atoms with Crippen molar-refractivity contribution in [2.75, 3.05) is 13.1 Å². The van der Waals surface area contributed by atoms with E-state index >= 15 is 0 Å². The number of amides is 2. The van der Waals surface area contributed by atoms with Crippen molar-refractivity contribution in [3.8, 4) is 0 Å². The molecule has 1 saturated carbocycles. The highest BCUT2D eigenvalue weighted by molar-refractivity contribution is 5.84. The number of fused-ring (bicyclic) bond motifs is 1. The van der Waals surface area contributed by atoms with Crippen molar-refractivity contribution in [2.45, 2.75) is 63.1 Å². The summed E-state index contributed by atoms with van der Waals surface area (Å²) in [5.74, 6) is -1.95. The summed E-state index contributed by atoms with van der Waals surface area (Å²) in [7, 11) is 0. The first kappa shape index (κ1) is 28.7. The fourth-order valence-corrected chi connectivity index (χ4v) is 5.43. The van der Waals surface area contributed by atoms with Gasteiger partial charge in [-0.3, -0.25) is 9.59 Å². The monoisotopic (exact) mass is 541 g/mol. The molecule has 1 aromatic heterocycles. The van der Waals surface area contributed by atoms with Gasteiger partial charge in [-0.1, -0.05) is 31.0 Å². The molecule has 2 aromatic carbocycles. The second kappa shape index (κ2) is 12.7. The lowest BCUT2D eigenvalue weighted by Gasteiger charge is -2.30. The third kappa shape index (κ3) is 7.40. The Balaban J connectivity index is 1.26. The lowest BCUT2D eigenvalue weighted by atomic mass is 9.85. The van der Waals surface area contributed by atoms with Crippen LogP contribution in [0.3, 0.4) is 0 Å². The smallest absolute Gasteiger partial charge is 0.250 e. The molecule has 0 aliphatic heterocycles. The Labute approximate surface area is 226 Å². The van der Waals surface area contributed by atoms with Crippen LogP contribution in [0, 0.1) is 17.0 Å². The number of halogens is 2. The van der Waals surface area contributed by atoms with E-state index in [0.29, 0.717) is 19.5 Å². The van der Waals surface area contributed by atoms with Gasteiger partial charge in [0, 0.05) is 54.1 Å². The molecule has 0 spiro atoms. The van der Waals surface area contributed by atoms with Gasteiger partial charge in [-0.2, -0.15) is 0 Å². The predicted molar refractivity (Wildman–Crippen MR) is 146 cm³/mol. The number of aromatic amines is 1. The number of aliphatic hydroxyl groups excluding tert-OH is 1. The topological polar surface area (TPSA) is 146 Å². The zero-order valence-electron chi connectivity index (χ0n) is 21.9. The van der Waals surface area contributed by atoms with Crippen molar-refractivity contribution in [3.05, 3.63) is 71.4 Å². The zero-order valence-corrected chi connectivity index (χ0v) is 21.9. The number of carbonyl (C=O) groups excluding carboxylic acids is 2. The number of aromatic nitrogens is 1. The van der Waals surface area contributed by atoms with Gasteiger partial charge in [-0.15, -0.1) is 0 Å². The molecule has 0 bridgehead atoms. The van der Waals surface area contributed by atoms with E-state index in [4.69, 9.17) is 11.5 Å². The van der Waals surface area contributed by atoms with E-state index < -0.39 is 35.7 Å². The van der Waals surface area contributed by atoms with E-state index in [1.54, 1.807) is 0 Å². The van der Waals surface area contributed by atoms with Crippen LogP contribution in [0.5, 0.6) is 0 Å². The van der Waals surface area contributed by atoms with Gasteiger partial charge in [0.25, 0.3) is 0 Å². The third-order valence-electron chi connectivity index (χ3n) is 7.70. The summed E-state index contributed by atoms with van der Waals surface area (Å²) in [6.45, 7) is 0.633. The number of aliphatic hydroxyl groups is 1. The Morgan fingerprint density at radius 1 is 1.00 bits per heavy atom. The van der Waals surface area contributed by atoms with Gasteiger partial charge in [0.2, 0.25) is 11.8 Å². The van der Waals surface area contributed by atoms with E-state index in [0.717, 1.165) is 60.3 Å².